The third-order valence-electron chi connectivity index (χ3n) is 5.76. The Kier molecular flexibility index (Phi) is 6.50. The molecule has 2 heterocycles. The van der Waals surface area contributed by atoms with Gasteiger partial charge in [-0.05, 0) is 18.1 Å². The van der Waals surface area contributed by atoms with Gasteiger partial charge in [0.25, 0.3) is 10.0 Å². The van der Waals surface area contributed by atoms with Crippen LogP contribution in [0.3, 0.4) is 0 Å². The van der Waals surface area contributed by atoms with Crippen molar-refractivity contribution in [3.63, 3.8) is 0 Å². The first-order valence-electron chi connectivity index (χ1n) is 10.4. The number of nitrogens with one attached hydrogen (secondary N) is 1. The Balaban J connectivity index is 1.82. The number of aliphatic imine (C=N–C) groups is 1. The molecule has 1 fully saturated rings. The lowest BCUT2D eigenvalue weighted by atomic mass is 9.97. The molecule has 1 saturated heterocycles. The molecule has 0 aromatic heterocycles. The first kappa shape index (κ1) is 22.3. The van der Waals surface area contributed by atoms with E-state index in [9.17, 15) is 18.0 Å². The Morgan fingerprint density at radius 2 is 1.60 bits per heavy atom. The first-order valence-corrected chi connectivity index (χ1v) is 11.9. The minimum atomic E-state index is -3.66. The van der Waals surface area contributed by atoms with Crippen molar-refractivity contribution in [3.8, 4) is 0 Å². The summed E-state index contributed by atoms with van der Waals surface area (Å²) in [6, 6.07) is 5.95. The molecule has 8 nitrogen and oxygen atoms in total. The topological polar surface area (TPSA) is 99.1 Å². The molecule has 3 rings (SSSR count). The first-order chi connectivity index (χ1) is 14.2. The number of nitrogens with zero attached hydrogens (tertiary/aromatic N) is 3. The van der Waals surface area contributed by atoms with Gasteiger partial charge in [-0.3, -0.25) is 19.3 Å². The molecule has 0 unspecified atom stereocenters. The summed E-state index contributed by atoms with van der Waals surface area (Å²) in [6.07, 6.45) is 0.730. The van der Waals surface area contributed by atoms with E-state index in [4.69, 9.17) is 0 Å². The van der Waals surface area contributed by atoms with E-state index in [2.05, 4.69) is 9.71 Å². The fraction of sp³-hybridized carbons (Fsp3) is 0.571. The van der Waals surface area contributed by atoms with Crippen LogP contribution in [0.25, 0.3) is 0 Å². The lowest BCUT2D eigenvalue weighted by molar-refractivity contribution is -0.142. The molecule has 164 valence electrons. The van der Waals surface area contributed by atoms with E-state index in [1.54, 1.807) is 28.0 Å². The standard InChI is InChI=1S/C21H30N4O4S/c1-5-15(4)18(21(27)25-12-10-24(11-13-25)20(26)14(2)3)22-19-16-8-6-7-9-17(16)30(28,29)23-19/h6-9,14-15,18H,5,10-13H2,1-4H3,(H,22,23)/t15-,18-/m0/s1. The summed E-state index contributed by atoms with van der Waals surface area (Å²) in [5.41, 5.74) is 0.492. The molecule has 0 bridgehead atoms. The average Bonchev–Trinajstić information content (AvgIpc) is 3.00. The highest BCUT2D eigenvalue weighted by Crippen LogP contribution is 2.25. The summed E-state index contributed by atoms with van der Waals surface area (Å²) < 4.78 is 27.3. The van der Waals surface area contributed by atoms with E-state index < -0.39 is 16.1 Å². The summed E-state index contributed by atoms with van der Waals surface area (Å²) in [4.78, 5) is 33.8. The Morgan fingerprint density at radius 3 is 2.17 bits per heavy atom. The molecule has 0 aliphatic carbocycles. The van der Waals surface area contributed by atoms with E-state index in [0.29, 0.717) is 31.7 Å². The van der Waals surface area contributed by atoms with Crippen molar-refractivity contribution in [2.45, 2.75) is 45.1 Å². The van der Waals surface area contributed by atoms with Crippen LogP contribution >= 0.6 is 0 Å². The molecule has 0 spiro atoms. The van der Waals surface area contributed by atoms with E-state index in [1.165, 1.54) is 6.07 Å². The van der Waals surface area contributed by atoms with Crippen molar-refractivity contribution < 1.29 is 18.0 Å². The van der Waals surface area contributed by atoms with Crippen LogP contribution in [0.15, 0.2) is 34.2 Å². The highest BCUT2D eigenvalue weighted by atomic mass is 32.2. The predicted molar refractivity (Wildman–Crippen MR) is 115 cm³/mol. The quantitative estimate of drug-likeness (QED) is 0.758. The molecular formula is C21H30N4O4S. The number of carbonyl (C=O) groups excluding carboxylic acids is 2. The maximum atomic E-state index is 13.3. The number of amides is 2. The van der Waals surface area contributed by atoms with E-state index in [-0.39, 0.29) is 34.4 Å². The average molecular weight is 435 g/mol. The predicted octanol–water partition coefficient (Wildman–Crippen LogP) is 1.47. The molecule has 0 saturated carbocycles. The third-order valence-corrected chi connectivity index (χ3v) is 7.16. The zero-order valence-electron chi connectivity index (χ0n) is 18.0. The number of fused-ring (bicyclic) bond motifs is 1. The monoisotopic (exact) mass is 434 g/mol. The van der Waals surface area contributed by atoms with Crippen molar-refractivity contribution in [3.05, 3.63) is 29.8 Å². The van der Waals surface area contributed by atoms with E-state index in [1.807, 2.05) is 27.7 Å². The van der Waals surface area contributed by atoms with Gasteiger partial charge < -0.3 is 9.80 Å². The largest absolute Gasteiger partial charge is 0.339 e. The summed E-state index contributed by atoms with van der Waals surface area (Å²) in [6.45, 7) is 9.58. The van der Waals surface area contributed by atoms with Crippen LogP contribution in [0.2, 0.25) is 0 Å². The molecule has 9 heteroatoms. The number of hydrogen-bond donors (Lipinski definition) is 1. The van der Waals surface area contributed by atoms with Crippen LogP contribution in [-0.4, -0.2) is 68.1 Å². The fourth-order valence-electron chi connectivity index (χ4n) is 3.72. The molecule has 1 aromatic carbocycles. The van der Waals surface area contributed by atoms with Crippen molar-refractivity contribution >= 4 is 27.7 Å². The Hall–Kier alpha value is -2.42. The molecule has 1 N–H and O–H groups in total. The second-order valence-electron chi connectivity index (χ2n) is 8.22. The van der Waals surface area contributed by atoms with Gasteiger partial charge in [-0.1, -0.05) is 46.2 Å². The highest BCUT2D eigenvalue weighted by Gasteiger charge is 2.35. The highest BCUT2D eigenvalue weighted by molar-refractivity contribution is 7.90. The summed E-state index contributed by atoms with van der Waals surface area (Å²) in [7, 11) is -3.66. The normalized spacial score (nSPS) is 21.3. The van der Waals surface area contributed by atoms with E-state index in [0.717, 1.165) is 6.42 Å². The smallest absolute Gasteiger partial charge is 0.263 e. The maximum absolute atomic E-state index is 13.3. The van der Waals surface area contributed by atoms with Crippen LogP contribution in [0, 0.1) is 11.8 Å². The lowest BCUT2D eigenvalue weighted by Crippen LogP contribution is -2.54. The fourth-order valence-corrected chi connectivity index (χ4v) is 4.96. The van der Waals surface area contributed by atoms with Gasteiger partial charge in [-0.25, -0.2) is 8.42 Å². The van der Waals surface area contributed by atoms with Gasteiger partial charge in [0.2, 0.25) is 11.8 Å². The molecular weight excluding hydrogens is 404 g/mol. The summed E-state index contributed by atoms with van der Waals surface area (Å²) in [5, 5.41) is 0. The van der Waals surface area contributed by atoms with Crippen molar-refractivity contribution in [2.24, 2.45) is 16.8 Å². The van der Waals surface area contributed by atoms with Crippen LogP contribution in [0.4, 0.5) is 0 Å². The Labute approximate surface area is 178 Å². The minimum absolute atomic E-state index is 0.0578. The zero-order chi connectivity index (χ0) is 22.1. The Morgan fingerprint density at radius 1 is 1.03 bits per heavy atom. The van der Waals surface area contributed by atoms with Crippen LogP contribution in [0.5, 0.6) is 0 Å². The van der Waals surface area contributed by atoms with Gasteiger partial charge in [0.15, 0.2) is 0 Å². The van der Waals surface area contributed by atoms with Gasteiger partial charge in [-0.15, -0.1) is 0 Å². The molecule has 30 heavy (non-hydrogen) atoms. The number of amidine groups is 1. The van der Waals surface area contributed by atoms with Gasteiger partial charge in [0.1, 0.15) is 11.9 Å². The minimum Gasteiger partial charge on any atom is -0.339 e. The number of benzene rings is 1. The third kappa shape index (κ3) is 4.35. The second kappa shape index (κ2) is 8.75. The molecule has 2 aliphatic heterocycles. The van der Waals surface area contributed by atoms with E-state index >= 15 is 0 Å². The SMILES string of the molecule is CC[C@H](C)[C@H](N=C1NS(=O)(=O)c2ccccc21)C(=O)N1CCN(C(=O)C(C)C)CC1. The van der Waals surface area contributed by atoms with Crippen LogP contribution in [0.1, 0.15) is 39.7 Å². The van der Waals surface area contributed by atoms with Gasteiger partial charge >= 0.3 is 0 Å². The maximum Gasteiger partial charge on any atom is 0.263 e. The second-order valence-corrected chi connectivity index (χ2v) is 9.87. The van der Waals surface area contributed by atoms with Crippen molar-refractivity contribution in [2.75, 3.05) is 26.2 Å². The zero-order valence-corrected chi connectivity index (χ0v) is 18.8. The molecule has 0 radical (unpaired) electrons. The van der Waals surface area contributed by atoms with Gasteiger partial charge in [-0.2, -0.15) is 0 Å². The molecule has 1 aromatic rings. The lowest BCUT2D eigenvalue weighted by Gasteiger charge is -2.37. The van der Waals surface area contributed by atoms with Crippen molar-refractivity contribution in [1.82, 2.24) is 14.5 Å². The summed E-state index contributed by atoms with van der Waals surface area (Å²) >= 11 is 0. The number of carbonyl (C=O) groups is 2. The number of piperazine rings is 1. The van der Waals surface area contributed by atoms with Crippen molar-refractivity contribution in [1.29, 1.82) is 0 Å². The Bertz CT molecular complexity index is 950. The number of sulfonamides is 1. The molecule has 2 amide bonds. The molecule has 2 aliphatic rings. The van der Waals surface area contributed by atoms with Crippen LogP contribution < -0.4 is 4.72 Å². The molecule has 2 atom stereocenters. The summed E-state index contributed by atoms with van der Waals surface area (Å²) in [5.74, 6) is 0.0623. The van der Waals surface area contributed by atoms with Gasteiger partial charge in [0, 0.05) is 37.7 Å². The number of hydrogen-bond acceptors (Lipinski definition) is 5. The van der Waals surface area contributed by atoms with Gasteiger partial charge in [0.05, 0.1) is 4.90 Å². The van der Waals surface area contributed by atoms with Crippen LogP contribution in [-0.2, 0) is 19.6 Å². The number of rotatable bonds is 5.